The van der Waals surface area contributed by atoms with Crippen LogP contribution in [0.3, 0.4) is 0 Å². The molecule has 15 heavy (non-hydrogen) atoms. The van der Waals surface area contributed by atoms with E-state index >= 15 is 0 Å². The van der Waals surface area contributed by atoms with Gasteiger partial charge in [0, 0.05) is 6.54 Å². The molecule has 0 aromatic heterocycles. The van der Waals surface area contributed by atoms with Gasteiger partial charge in [-0.15, -0.1) is 0 Å². The van der Waals surface area contributed by atoms with Crippen LogP contribution >= 0.6 is 0 Å². The van der Waals surface area contributed by atoms with E-state index in [1.165, 1.54) is 5.56 Å². The lowest BCUT2D eigenvalue weighted by Crippen LogP contribution is -2.38. The lowest BCUT2D eigenvalue weighted by atomic mass is 10.2. The predicted octanol–water partition coefficient (Wildman–Crippen LogP) is 1.78. The molecule has 0 aliphatic carbocycles. The van der Waals surface area contributed by atoms with E-state index in [1.807, 2.05) is 36.9 Å². The van der Waals surface area contributed by atoms with Gasteiger partial charge in [0.15, 0.2) is 5.72 Å². The fourth-order valence-electron chi connectivity index (χ4n) is 1.77. The number of ether oxygens (including phenoxy) is 1. The average molecular weight is 205 g/mol. The molecule has 0 N–H and O–H groups in total. The van der Waals surface area contributed by atoms with Crippen molar-refractivity contribution in [1.82, 2.24) is 4.90 Å². The standard InChI is InChI=1S/C12H15NO2/c1-12(2)13(9-11(14)15-12)8-10-6-4-3-5-7-10/h3-7H,8-9H2,1-2H3. The summed E-state index contributed by atoms with van der Waals surface area (Å²) in [5.41, 5.74) is 0.719. The van der Waals surface area contributed by atoms with Crippen molar-refractivity contribution in [3.8, 4) is 0 Å². The van der Waals surface area contributed by atoms with Crippen LogP contribution in [-0.2, 0) is 16.1 Å². The van der Waals surface area contributed by atoms with E-state index in [9.17, 15) is 4.79 Å². The summed E-state index contributed by atoms with van der Waals surface area (Å²) < 4.78 is 5.22. The minimum Gasteiger partial charge on any atom is -0.443 e. The van der Waals surface area contributed by atoms with Crippen LogP contribution in [0.15, 0.2) is 30.3 Å². The van der Waals surface area contributed by atoms with Gasteiger partial charge in [-0.1, -0.05) is 30.3 Å². The van der Waals surface area contributed by atoms with E-state index in [0.717, 1.165) is 6.54 Å². The Hall–Kier alpha value is -1.35. The molecule has 0 atom stereocenters. The molecule has 0 radical (unpaired) electrons. The van der Waals surface area contributed by atoms with Crippen molar-refractivity contribution in [2.75, 3.05) is 6.54 Å². The summed E-state index contributed by atoms with van der Waals surface area (Å²) in [4.78, 5) is 13.2. The van der Waals surface area contributed by atoms with E-state index in [2.05, 4.69) is 12.1 Å². The third-order valence-electron chi connectivity index (χ3n) is 2.66. The van der Waals surface area contributed by atoms with Crippen LogP contribution in [0, 0.1) is 0 Å². The van der Waals surface area contributed by atoms with Crippen molar-refractivity contribution >= 4 is 5.97 Å². The first kappa shape index (κ1) is 10.2. The Kier molecular flexibility index (Phi) is 2.49. The van der Waals surface area contributed by atoms with E-state index in [1.54, 1.807) is 0 Å². The van der Waals surface area contributed by atoms with E-state index < -0.39 is 5.72 Å². The maximum Gasteiger partial charge on any atom is 0.322 e. The lowest BCUT2D eigenvalue weighted by Gasteiger charge is -2.28. The van der Waals surface area contributed by atoms with Gasteiger partial charge in [0.2, 0.25) is 0 Å². The van der Waals surface area contributed by atoms with Gasteiger partial charge in [-0.3, -0.25) is 9.69 Å². The molecular formula is C12H15NO2. The molecule has 0 amide bonds. The molecule has 0 unspecified atom stereocenters. The largest absolute Gasteiger partial charge is 0.443 e. The number of carbonyl (C=O) groups excluding carboxylic acids is 1. The van der Waals surface area contributed by atoms with Crippen molar-refractivity contribution < 1.29 is 9.53 Å². The van der Waals surface area contributed by atoms with Crippen LogP contribution in [0.5, 0.6) is 0 Å². The van der Waals surface area contributed by atoms with Crippen molar-refractivity contribution in [3.63, 3.8) is 0 Å². The summed E-state index contributed by atoms with van der Waals surface area (Å²) >= 11 is 0. The number of esters is 1. The van der Waals surface area contributed by atoms with Crippen molar-refractivity contribution in [2.45, 2.75) is 26.1 Å². The second-order valence-corrected chi connectivity index (χ2v) is 4.26. The second-order valence-electron chi connectivity index (χ2n) is 4.26. The highest BCUT2D eigenvalue weighted by Gasteiger charge is 2.38. The molecule has 2 rings (SSSR count). The lowest BCUT2D eigenvalue weighted by molar-refractivity contribution is -0.149. The molecule has 1 aromatic rings. The molecule has 1 aliphatic heterocycles. The molecule has 0 saturated carbocycles. The Morgan fingerprint density at radius 2 is 2.00 bits per heavy atom. The van der Waals surface area contributed by atoms with E-state index in [-0.39, 0.29) is 5.97 Å². The third kappa shape index (κ3) is 2.18. The summed E-state index contributed by atoms with van der Waals surface area (Å²) in [6.07, 6.45) is 0. The van der Waals surface area contributed by atoms with Gasteiger partial charge in [0.1, 0.15) is 6.54 Å². The number of carbonyl (C=O) groups is 1. The molecule has 1 heterocycles. The van der Waals surface area contributed by atoms with E-state index in [0.29, 0.717) is 6.54 Å². The van der Waals surface area contributed by atoms with Crippen LogP contribution in [-0.4, -0.2) is 23.1 Å². The number of hydrogen-bond acceptors (Lipinski definition) is 3. The molecule has 1 aromatic carbocycles. The Labute approximate surface area is 89.7 Å². The normalized spacial score (nSPS) is 20.3. The Bertz CT molecular complexity index is 359. The van der Waals surface area contributed by atoms with Gasteiger partial charge in [-0.25, -0.2) is 0 Å². The number of nitrogens with zero attached hydrogens (tertiary/aromatic N) is 1. The molecule has 3 nitrogen and oxygen atoms in total. The van der Waals surface area contributed by atoms with Crippen molar-refractivity contribution in [1.29, 1.82) is 0 Å². The Balaban J connectivity index is 2.10. The maximum absolute atomic E-state index is 11.2. The minimum absolute atomic E-state index is 0.143. The first-order valence-corrected chi connectivity index (χ1v) is 5.09. The first-order valence-electron chi connectivity index (χ1n) is 5.09. The van der Waals surface area contributed by atoms with Crippen molar-refractivity contribution in [2.24, 2.45) is 0 Å². The average Bonchev–Trinajstić information content (AvgIpc) is 2.41. The zero-order valence-corrected chi connectivity index (χ0v) is 9.06. The minimum atomic E-state index is -0.479. The highest BCUT2D eigenvalue weighted by molar-refractivity contribution is 5.74. The number of benzene rings is 1. The van der Waals surface area contributed by atoms with Gasteiger partial charge < -0.3 is 4.74 Å². The highest BCUT2D eigenvalue weighted by Crippen LogP contribution is 2.24. The number of cyclic esters (lactones) is 1. The van der Waals surface area contributed by atoms with Crippen LogP contribution in [0.4, 0.5) is 0 Å². The summed E-state index contributed by atoms with van der Waals surface area (Å²) in [5, 5.41) is 0. The van der Waals surface area contributed by atoms with Crippen LogP contribution in [0.1, 0.15) is 19.4 Å². The quantitative estimate of drug-likeness (QED) is 0.689. The smallest absolute Gasteiger partial charge is 0.322 e. The molecule has 1 fully saturated rings. The van der Waals surface area contributed by atoms with Crippen LogP contribution in [0.2, 0.25) is 0 Å². The summed E-state index contributed by atoms with van der Waals surface area (Å²) in [6.45, 7) is 4.96. The summed E-state index contributed by atoms with van der Waals surface area (Å²) in [6, 6.07) is 10.1. The van der Waals surface area contributed by atoms with Gasteiger partial charge >= 0.3 is 5.97 Å². The number of rotatable bonds is 2. The van der Waals surface area contributed by atoms with E-state index in [4.69, 9.17) is 4.74 Å². The SMILES string of the molecule is CC1(C)OC(=O)CN1Cc1ccccc1. The molecule has 1 aliphatic rings. The van der Waals surface area contributed by atoms with Crippen LogP contribution in [0.25, 0.3) is 0 Å². The second kappa shape index (κ2) is 3.66. The predicted molar refractivity (Wildman–Crippen MR) is 57.0 cm³/mol. The molecule has 0 bridgehead atoms. The molecule has 80 valence electrons. The van der Waals surface area contributed by atoms with Gasteiger partial charge in [0.25, 0.3) is 0 Å². The fraction of sp³-hybridized carbons (Fsp3) is 0.417. The number of hydrogen-bond donors (Lipinski definition) is 0. The summed E-state index contributed by atoms with van der Waals surface area (Å²) in [7, 11) is 0. The molecule has 3 heteroatoms. The van der Waals surface area contributed by atoms with Crippen molar-refractivity contribution in [3.05, 3.63) is 35.9 Å². The van der Waals surface area contributed by atoms with Crippen LogP contribution < -0.4 is 0 Å². The highest BCUT2D eigenvalue weighted by atomic mass is 16.6. The zero-order chi connectivity index (χ0) is 10.9. The van der Waals surface area contributed by atoms with Gasteiger partial charge in [-0.2, -0.15) is 0 Å². The third-order valence-corrected chi connectivity index (χ3v) is 2.66. The topological polar surface area (TPSA) is 29.5 Å². The molecule has 1 saturated heterocycles. The Morgan fingerprint density at radius 1 is 1.33 bits per heavy atom. The maximum atomic E-state index is 11.2. The monoisotopic (exact) mass is 205 g/mol. The molecule has 0 spiro atoms. The van der Waals surface area contributed by atoms with Gasteiger partial charge in [-0.05, 0) is 19.4 Å². The fourth-order valence-corrected chi connectivity index (χ4v) is 1.77. The summed E-state index contributed by atoms with van der Waals surface area (Å²) in [5.74, 6) is -0.143. The zero-order valence-electron chi connectivity index (χ0n) is 9.06. The Morgan fingerprint density at radius 3 is 2.53 bits per heavy atom. The van der Waals surface area contributed by atoms with Gasteiger partial charge in [0.05, 0.1) is 0 Å². The molecular weight excluding hydrogens is 190 g/mol. The first-order chi connectivity index (χ1) is 7.08.